The van der Waals surface area contributed by atoms with E-state index in [1.165, 1.54) is 24.4 Å². The molecule has 4 nitrogen and oxygen atoms in total. The first-order chi connectivity index (χ1) is 9.51. The van der Waals surface area contributed by atoms with Crippen LogP contribution in [0, 0.1) is 12.7 Å². The van der Waals surface area contributed by atoms with Crippen molar-refractivity contribution >= 4 is 29.0 Å². The molecule has 0 atom stereocenters. The maximum absolute atomic E-state index is 13.7. The molecule has 0 bridgehead atoms. The molecular weight excluding hydrogens is 281 g/mol. The Hall–Kier alpha value is -2.14. The molecule has 2 N–H and O–H groups in total. The van der Waals surface area contributed by atoms with Gasteiger partial charge in [-0.1, -0.05) is 17.7 Å². The van der Waals surface area contributed by atoms with Crippen LogP contribution in [0.5, 0.6) is 0 Å². The molecule has 20 heavy (non-hydrogen) atoms. The molecule has 2 rings (SSSR count). The topological polar surface area (TPSA) is 54.0 Å². The fourth-order valence-corrected chi connectivity index (χ4v) is 1.92. The Morgan fingerprint density at radius 2 is 2.10 bits per heavy atom. The second-order valence-electron chi connectivity index (χ2n) is 4.24. The zero-order chi connectivity index (χ0) is 14.7. The van der Waals surface area contributed by atoms with E-state index in [4.69, 9.17) is 11.6 Å². The van der Waals surface area contributed by atoms with Crippen LogP contribution in [0.15, 0.2) is 30.5 Å². The molecule has 0 spiro atoms. The molecule has 2 aromatic rings. The van der Waals surface area contributed by atoms with Crippen LogP contribution in [-0.2, 0) is 0 Å². The lowest BCUT2D eigenvalue weighted by Gasteiger charge is -2.08. The Balaban J connectivity index is 2.21. The molecule has 0 aliphatic rings. The van der Waals surface area contributed by atoms with Gasteiger partial charge in [0.05, 0.1) is 16.3 Å². The van der Waals surface area contributed by atoms with E-state index in [-0.39, 0.29) is 11.3 Å². The largest absolute Gasteiger partial charge is 0.372 e. The summed E-state index contributed by atoms with van der Waals surface area (Å²) in [6.07, 6.45) is 1.37. The van der Waals surface area contributed by atoms with Crippen LogP contribution in [0.3, 0.4) is 0 Å². The predicted octanol–water partition coefficient (Wildman–Crippen LogP) is 3.48. The second-order valence-corrected chi connectivity index (χ2v) is 4.65. The summed E-state index contributed by atoms with van der Waals surface area (Å²) in [4.78, 5) is 16.0. The summed E-state index contributed by atoms with van der Waals surface area (Å²) < 4.78 is 13.7. The number of hydrogen-bond donors (Lipinski definition) is 2. The summed E-state index contributed by atoms with van der Waals surface area (Å²) in [5.41, 5.74) is 1.16. The normalized spacial score (nSPS) is 10.2. The highest BCUT2D eigenvalue weighted by atomic mass is 35.5. The summed E-state index contributed by atoms with van der Waals surface area (Å²) in [7, 11) is 1.68. The number of aryl methyl sites for hydroxylation is 1. The highest BCUT2D eigenvalue weighted by molar-refractivity contribution is 6.33. The van der Waals surface area contributed by atoms with Crippen LogP contribution in [0.4, 0.5) is 15.9 Å². The lowest BCUT2D eigenvalue weighted by molar-refractivity contribution is 0.102. The van der Waals surface area contributed by atoms with Gasteiger partial charge in [-0.25, -0.2) is 9.37 Å². The maximum Gasteiger partial charge on any atom is 0.257 e. The summed E-state index contributed by atoms with van der Waals surface area (Å²) in [6, 6.07) is 6.06. The van der Waals surface area contributed by atoms with Gasteiger partial charge in [-0.3, -0.25) is 4.79 Å². The molecule has 0 aliphatic carbocycles. The third kappa shape index (κ3) is 3.05. The highest BCUT2D eigenvalue weighted by Crippen LogP contribution is 2.21. The van der Waals surface area contributed by atoms with Gasteiger partial charge in [0.1, 0.15) is 11.6 Å². The minimum absolute atomic E-state index is 0.120. The SMILES string of the molecule is CNc1ncc(C(=O)Nc2ccc(C)cc2F)cc1Cl. The van der Waals surface area contributed by atoms with Gasteiger partial charge in [0.2, 0.25) is 0 Å². The standard InChI is InChI=1S/C14H13ClFN3O/c1-8-3-4-12(11(16)5-8)19-14(20)9-6-10(15)13(17-2)18-7-9/h3-7H,1-2H3,(H,17,18)(H,19,20). The van der Waals surface area contributed by atoms with Crippen LogP contribution < -0.4 is 10.6 Å². The van der Waals surface area contributed by atoms with E-state index in [0.29, 0.717) is 10.8 Å². The van der Waals surface area contributed by atoms with Crippen molar-refractivity contribution in [3.05, 3.63) is 52.4 Å². The van der Waals surface area contributed by atoms with Gasteiger partial charge in [-0.15, -0.1) is 0 Å². The van der Waals surface area contributed by atoms with E-state index in [1.807, 2.05) is 0 Å². The maximum atomic E-state index is 13.7. The third-order valence-corrected chi connectivity index (χ3v) is 3.00. The van der Waals surface area contributed by atoms with E-state index < -0.39 is 11.7 Å². The Morgan fingerprint density at radius 3 is 2.70 bits per heavy atom. The molecular formula is C14H13ClFN3O. The summed E-state index contributed by atoms with van der Waals surface area (Å²) in [5.74, 6) is -0.473. The number of rotatable bonds is 3. The molecule has 0 saturated carbocycles. The predicted molar refractivity (Wildman–Crippen MR) is 77.9 cm³/mol. The van der Waals surface area contributed by atoms with E-state index in [2.05, 4.69) is 15.6 Å². The molecule has 6 heteroatoms. The fraction of sp³-hybridized carbons (Fsp3) is 0.143. The Labute approximate surface area is 121 Å². The lowest BCUT2D eigenvalue weighted by Crippen LogP contribution is -2.13. The smallest absolute Gasteiger partial charge is 0.257 e. The van der Waals surface area contributed by atoms with Gasteiger partial charge in [0, 0.05) is 13.2 Å². The molecule has 0 fully saturated rings. The number of hydrogen-bond acceptors (Lipinski definition) is 3. The van der Waals surface area contributed by atoms with E-state index in [1.54, 1.807) is 20.0 Å². The number of anilines is 2. The Morgan fingerprint density at radius 1 is 1.35 bits per heavy atom. The molecule has 0 saturated heterocycles. The summed E-state index contributed by atoms with van der Waals surface area (Å²) in [5, 5.41) is 5.60. The van der Waals surface area contributed by atoms with Crippen molar-refractivity contribution in [1.29, 1.82) is 0 Å². The van der Waals surface area contributed by atoms with Crippen molar-refractivity contribution in [1.82, 2.24) is 4.98 Å². The van der Waals surface area contributed by atoms with Crippen LogP contribution in [0.2, 0.25) is 5.02 Å². The molecule has 1 aromatic carbocycles. The number of carbonyl (C=O) groups is 1. The van der Waals surface area contributed by atoms with Gasteiger partial charge in [-0.05, 0) is 30.7 Å². The number of halogens is 2. The lowest BCUT2D eigenvalue weighted by atomic mass is 10.2. The molecule has 1 heterocycles. The first-order valence-corrected chi connectivity index (χ1v) is 6.30. The zero-order valence-corrected chi connectivity index (χ0v) is 11.8. The number of carbonyl (C=O) groups excluding carboxylic acids is 1. The highest BCUT2D eigenvalue weighted by Gasteiger charge is 2.12. The van der Waals surface area contributed by atoms with Gasteiger partial charge in [0.25, 0.3) is 5.91 Å². The first-order valence-electron chi connectivity index (χ1n) is 5.92. The summed E-state index contributed by atoms with van der Waals surface area (Å²) in [6.45, 7) is 1.77. The van der Waals surface area contributed by atoms with Crippen molar-refractivity contribution < 1.29 is 9.18 Å². The average molecular weight is 294 g/mol. The number of benzene rings is 1. The van der Waals surface area contributed by atoms with Crippen molar-refractivity contribution in [3.8, 4) is 0 Å². The number of aromatic nitrogens is 1. The Bertz CT molecular complexity index is 661. The van der Waals surface area contributed by atoms with Crippen molar-refractivity contribution in [3.63, 3.8) is 0 Å². The first kappa shape index (κ1) is 14.3. The number of amides is 1. The van der Waals surface area contributed by atoms with Crippen LogP contribution in [0.1, 0.15) is 15.9 Å². The molecule has 0 unspecified atom stereocenters. The minimum Gasteiger partial charge on any atom is -0.372 e. The van der Waals surface area contributed by atoms with E-state index >= 15 is 0 Å². The molecule has 1 amide bonds. The van der Waals surface area contributed by atoms with Gasteiger partial charge in [-0.2, -0.15) is 0 Å². The van der Waals surface area contributed by atoms with Crippen LogP contribution in [0.25, 0.3) is 0 Å². The molecule has 0 radical (unpaired) electrons. The van der Waals surface area contributed by atoms with Gasteiger partial charge >= 0.3 is 0 Å². The summed E-state index contributed by atoms with van der Waals surface area (Å²) >= 11 is 5.95. The number of pyridine rings is 1. The van der Waals surface area contributed by atoms with E-state index in [0.717, 1.165) is 5.56 Å². The average Bonchev–Trinajstić information content (AvgIpc) is 2.41. The quantitative estimate of drug-likeness (QED) is 0.911. The zero-order valence-electron chi connectivity index (χ0n) is 11.0. The molecule has 1 aromatic heterocycles. The Kier molecular flexibility index (Phi) is 4.20. The van der Waals surface area contributed by atoms with E-state index in [9.17, 15) is 9.18 Å². The number of nitrogens with zero attached hydrogens (tertiary/aromatic N) is 1. The monoisotopic (exact) mass is 293 g/mol. The fourth-order valence-electron chi connectivity index (χ4n) is 1.66. The van der Waals surface area contributed by atoms with Gasteiger partial charge in [0.15, 0.2) is 0 Å². The third-order valence-electron chi connectivity index (χ3n) is 2.71. The van der Waals surface area contributed by atoms with Crippen molar-refractivity contribution in [2.45, 2.75) is 6.92 Å². The van der Waals surface area contributed by atoms with Crippen molar-refractivity contribution in [2.24, 2.45) is 0 Å². The minimum atomic E-state index is -0.482. The second kappa shape index (κ2) is 5.88. The molecule has 0 aliphatic heterocycles. The van der Waals surface area contributed by atoms with Gasteiger partial charge < -0.3 is 10.6 Å². The van der Waals surface area contributed by atoms with Crippen LogP contribution >= 0.6 is 11.6 Å². The van der Waals surface area contributed by atoms with Crippen molar-refractivity contribution in [2.75, 3.05) is 17.7 Å². The van der Waals surface area contributed by atoms with Crippen LogP contribution in [-0.4, -0.2) is 17.9 Å². The molecule has 104 valence electrons. The number of nitrogens with one attached hydrogen (secondary N) is 2.